The molecule has 4 heteroatoms. The number of nitrogens with one attached hydrogen (secondary N) is 1. The Labute approximate surface area is 128 Å². The Hall–Kier alpha value is -2.26. The van der Waals surface area contributed by atoms with Gasteiger partial charge in [-0.05, 0) is 48.9 Å². The van der Waals surface area contributed by atoms with Crippen LogP contribution in [0.25, 0.3) is 10.9 Å². The molecule has 3 aromatic rings. The van der Waals surface area contributed by atoms with Crippen molar-refractivity contribution in [3.63, 3.8) is 0 Å². The van der Waals surface area contributed by atoms with Crippen molar-refractivity contribution in [2.45, 2.75) is 6.92 Å². The number of aryl methyl sites for hydroxylation is 1. The monoisotopic (exact) mass is 298 g/mol. The molecule has 0 saturated carbocycles. The molecule has 0 bridgehead atoms. The van der Waals surface area contributed by atoms with Crippen LogP contribution in [0.3, 0.4) is 0 Å². The van der Waals surface area contributed by atoms with Gasteiger partial charge in [0, 0.05) is 34.0 Å². The van der Waals surface area contributed by atoms with Gasteiger partial charge in [0.25, 0.3) is 0 Å². The molecule has 3 rings (SSSR count). The molecule has 0 radical (unpaired) electrons. The molecular weight excluding hydrogens is 284 g/mol. The van der Waals surface area contributed by atoms with Crippen molar-refractivity contribution in [1.82, 2.24) is 4.98 Å². The van der Waals surface area contributed by atoms with Gasteiger partial charge in [-0.1, -0.05) is 11.6 Å². The molecule has 21 heavy (non-hydrogen) atoms. The summed E-state index contributed by atoms with van der Waals surface area (Å²) in [7, 11) is 1.65. The molecule has 0 spiro atoms. The second-order valence-corrected chi connectivity index (χ2v) is 5.26. The van der Waals surface area contributed by atoms with Crippen LogP contribution in [0.1, 0.15) is 5.56 Å². The van der Waals surface area contributed by atoms with Gasteiger partial charge >= 0.3 is 0 Å². The number of rotatable bonds is 3. The van der Waals surface area contributed by atoms with Gasteiger partial charge in [0.2, 0.25) is 0 Å². The number of nitrogens with zero attached hydrogens (tertiary/aromatic N) is 1. The Morgan fingerprint density at radius 2 is 1.90 bits per heavy atom. The molecule has 1 aromatic heterocycles. The van der Waals surface area contributed by atoms with Gasteiger partial charge in [-0.2, -0.15) is 0 Å². The first-order chi connectivity index (χ1) is 10.2. The third-order valence-corrected chi connectivity index (χ3v) is 3.64. The van der Waals surface area contributed by atoms with Crippen LogP contribution in [0.5, 0.6) is 5.75 Å². The fraction of sp³-hybridized carbons (Fsp3) is 0.118. The number of halogens is 1. The van der Waals surface area contributed by atoms with E-state index in [0.29, 0.717) is 0 Å². The topological polar surface area (TPSA) is 34.1 Å². The first-order valence-electron chi connectivity index (χ1n) is 6.63. The highest BCUT2D eigenvalue weighted by Crippen LogP contribution is 2.29. The van der Waals surface area contributed by atoms with Crippen molar-refractivity contribution in [3.05, 3.63) is 59.2 Å². The average Bonchev–Trinajstić information content (AvgIpc) is 2.49. The summed E-state index contributed by atoms with van der Waals surface area (Å²) >= 11 is 6.00. The molecule has 0 unspecified atom stereocenters. The Balaban J connectivity index is 2.04. The maximum Gasteiger partial charge on any atom is 0.121 e. The van der Waals surface area contributed by atoms with Gasteiger partial charge < -0.3 is 10.1 Å². The molecule has 0 aliphatic heterocycles. The Bertz CT molecular complexity index is 802. The summed E-state index contributed by atoms with van der Waals surface area (Å²) < 4.78 is 5.24. The molecule has 1 heterocycles. The zero-order valence-corrected chi connectivity index (χ0v) is 12.6. The summed E-state index contributed by atoms with van der Waals surface area (Å²) in [5, 5.41) is 5.23. The number of anilines is 2. The SMILES string of the molecule is COc1ccc2c(Nc3ccc(Cl)cc3C)ccnc2c1. The summed E-state index contributed by atoms with van der Waals surface area (Å²) in [6.45, 7) is 2.03. The molecule has 0 amide bonds. The van der Waals surface area contributed by atoms with Crippen LogP contribution in [0.4, 0.5) is 11.4 Å². The number of ether oxygens (including phenoxy) is 1. The number of hydrogen-bond acceptors (Lipinski definition) is 3. The molecule has 0 aliphatic carbocycles. The summed E-state index contributed by atoms with van der Waals surface area (Å²) in [6, 6.07) is 13.6. The van der Waals surface area contributed by atoms with Gasteiger partial charge in [0.05, 0.1) is 12.6 Å². The molecular formula is C17H15ClN2O. The predicted molar refractivity (Wildman–Crippen MR) is 87.8 cm³/mol. The largest absolute Gasteiger partial charge is 0.497 e. The van der Waals surface area contributed by atoms with E-state index in [0.717, 1.165) is 38.6 Å². The highest BCUT2D eigenvalue weighted by molar-refractivity contribution is 6.30. The van der Waals surface area contributed by atoms with E-state index in [4.69, 9.17) is 16.3 Å². The molecule has 2 aromatic carbocycles. The quantitative estimate of drug-likeness (QED) is 0.743. The van der Waals surface area contributed by atoms with E-state index in [-0.39, 0.29) is 0 Å². The van der Waals surface area contributed by atoms with Crippen LogP contribution < -0.4 is 10.1 Å². The molecule has 106 valence electrons. The first-order valence-corrected chi connectivity index (χ1v) is 7.01. The fourth-order valence-electron chi connectivity index (χ4n) is 2.28. The lowest BCUT2D eigenvalue weighted by Gasteiger charge is -2.12. The number of benzene rings is 2. The van der Waals surface area contributed by atoms with Crippen molar-refractivity contribution >= 4 is 33.9 Å². The summed E-state index contributed by atoms with van der Waals surface area (Å²) in [6.07, 6.45) is 1.79. The van der Waals surface area contributed by atoms with Gasteiger partial charge in [-0.25, -0.2) is 0 Å². The van der Waals surface area contributed by atoms with E-state index in [1.165, 1.54) is 0 Å². The lowest BCUT2D eigenvalue weighted by molar-refractivity contribution is 0.415. The van der Waals surface area contributed by atoms with Crippen molar-refractivity contribution < 1.29 is 4.74 Å². The van der Waals surface area contributed by atoms with Crippen molar-refractivity contribution in [1.29, 1.82) is 0 Å². The predicted octanol–water partition coefficient (Wildman–Crippen LogP) is 4.95. The van der Waals surface area contributed by atoms with Gasteiger partial charge in [0.1, 0.15) is 5.75 Å². The van der Waals surface area contributed by atoms with E-state index in [1.807, 2.05) is 49.4 Å². The molecule has 0 aliphatic rings. The molecule has 3 nitrogen and oxygen atoms in total. The average molecular weight is 299 g/mol. The van der Waals surface area contributed by atoms with Crippen molar-refractivity contribution in [3.8, 4) is 5.75 Å². The third kappa shape index (κ3) is 2.78. The van der Waals surface area contributed by atoms with Crippen molar-refractivity contribution in [2.75, 3.05) is 12.4 Å². The van der Waals surface area contributed by atoms with Crippen LogP contribution in [0.2, 0.25) is 5.02 Å². The normalized spacial score (nSPS) is 10.6. The molecule has 0 fully saturated rings. The second kappa shape index (κ2) is 5.62. The maximum absolute atomic E-state index is 6.00. The van der Waals surface area contributed by atoms with E-state index >= 15 is 0 Å². The minimum absolute atomic E-state index is 0.738. The Kier molecular flexibility index (Phi) is 3.67. The lowest BCUT2D eigenvalue weighted by atomic mass is 10.1. The summed E-state index contributed by atoms with van der Waals surface area (Å²) in [5.41, 5.74) is 4.03. The fourth-order valence-corrected chi connectivity index (χ4v) is 2.50. The third-order valence-electron chi connectivity index (χ3n) is 3.41. The van der Waals surface area contributed by atoms with Crippen LogP contribution in [-0.2, 0) is 0 Å². The Morgan fingerprint density at radius 3 is 2.67 bits per heavy atom. The first kappa shape index (κ1) is 13.7. The number of methoxy groups -OCH3 is 1. The smallest absolute Gasteiger partial charge is 0.121 e. The van der Waals surface area contributed by atoms with Crippen LogP contribution in [-0.4, -0.2) is 12.1 Å². The standard InChI is InChI=1S/C17H15ClN2O/c1-11-9-12(18)3-6-15(11)20-16-7-8-19-17-10-13(21-2)4-5-14(16)17/h3-10H,1-2H3,(H,19,20). The molecule has 0 atom stereocenters. The molecule has 0 saturated heterocycles. The highest BCUT2D eigenvalue weighted by atomic mass is 35.5. The zero-order chi connectivity index (χ0) is 14.8. The highest BCUT2D eigenvalue weighted by Gasteiger charge is 2.05. The minimum atomic E-state index is 0.738. The molecule has 1 N–H and O–H groups in total. The van der Waals surface area contributed by atoms with E-state index in [1.54, 1.807) is 13.3 Å². The van der Waals surface area contributed by atoms with Crippen LogP contribution in [0.15, 0.2) is 48.7 Å². The van der Waals surface area contributed by atoms with E-state index in [2.05, 4.69) is 10.3 Å². The van der Waals surface area contributed by atoms with E-state index < -0.39 is 0 Å². The minimum Gasteiger partial charge on any atom is -0.497 e. The van der Waals surface area contributed by atoms with E-state index in [9.17, 15) is 0 Å². The maximum atomic E-state index is 6.00. The zero-order valence-electron chi connectivity index (χ0n) is 11.9. The van der Waals surface area contributed by atoms with Gasteiger partial charge in [0.15, 0.2) is 0 Å². The Morgan fingerprint density at radius 1 is 1.05 bits per heavy atom. The van der Waals surface area contributed by atoms with Crippen LogP contribution in [0, 0.1) is 6.92 Å². The van der Waals surface area contributed by atoms with Crippen molar-refractivity contribution in [2.24, 2.45) is 0 Å². The van der Waals surface area contributed by atoms with Gasteiger partial charge in [-0.15, -0.1) is 0 Å². The number of pyridine rings is 1. The second-order valence-electron chi connectivity index (χ2n) is 4.83. The van der Waals surface area contributed by atoms with Crippen LogP contribution >= 0.6 is 11.6 Å². The lowest BCUT2D eigenvalue weighted by Crippen LogP contribution is -1.95. The number of hydrogen-bond donors (Lipinski definition) is 1. The number of fused-ring (bicyclic) bond motifs is 1. The summed E-state index contributed by atoms with van der Waals surface area (Å²) in [4.78, 5) is 4.39. The summed E-state index contributed by atoms with van der Waals surface area (Å²) in [5.74, 6) is 0.801. The van der Waals surface area contributed by atoms with Gasteiger partial charge in [-0.3, -0.25) is 4.98 Å². The number of aromatic nitrogens is 1.